The lowest BCUT2D eigenvalue weighted by Gasteiger charge is -2.19. The van der Waals surface area contributed by atoms with Crippen LogP contribution in [0, 0.1) is 17.8 Å². The molecule has 0 fully saturated rings. The number of fused-ring (bicyclic) bond motifs is 1. The van der Waals surface area contributed by atoms with E-state index in [1.54, 1.807) is 27.0 Å². The summed E-state index contributed by atoms with van der Waals surface area (Å²) in [7, 11) is 1.65. The molecule has 27 heavy (non-hydrogen) atoms. The molecule has 0 spiro atoms. The number of esters is 1. The molecule has 0 saturated carbocycles. The molecule has 4 atom stereocenters. The van der Waals surface area contributed by atoms with E-state index in [0.717, 1.165) is 6.08 Å². The molecular weight excluding hydrogens is 350 g/mol. The number of aliphatic hydroxyl groups excluding tert-OH is 2. The minimum Gasteiger partial charge on any atom is -0.507 e. The van der Waals surface area contributed by atoms with Gasteiger partial charge in [0.2, 0.25) is 0 Å². The van der Waals surface area contributed by atoms with Crippen LogP contribution in [0.3, 0.4) is 0 Å². The average Bonchev–Trinajstić information content (AvgIpc) is 2.63. The third-order valence-electron chi connectivity index (χ3n) is 4.40. The highest BCUT2D eigenvalue weighted by molar-refractivity contribution is 5.96. The van der Waals surface area contributed by atoms with Crippen molar-refractivity contribution in [3.05, 3.63) is 35.4 Å². The minimum atomic E-state index is -1.60. The second kappa shape index (κ2) is 8.71. The fourth-order valence-electron chi connectivity index (χ4n) is 2.47. The summed E-state index contributed by atoms with van der Waals surface area (Å²) in [5, 5.41) is 33.0. The summed E-state index contributed by atoms with van der Waals surface area (Å²) in [4.78, 5) is 24.5. The maximum absolute atomic E-state index is 12.6. The molecule has 0 amide bonds. The van der Waals surface area contributed by atoms with Gasteiger partial charge in [-0.05, 0) is 19.1 Å². The summed E-state index contributed by atoms with van der Waals surface area (Å²) in [6.45, 7) is 3.39. The first-order chi connectivity index (χ1) is 12.7. The van der Waals surface area contributed by atoms with Crippen molar-refractivity contribution in [1.29, 1.82) is 0 Å². The molecule has 4 N–H and O–H groups in total. The average molecular weight is 373 g/mol. The summed E-state index contributed by atoms with van der Waals surface area (Å²) in [5.41, 5.74) is 0.673. The SMILES string of the molecule is CNc1cc(O)c2c(c1)C#CC[C@H](O)[C@@H](O)C(=O)/C=C/[C@@H](C)[C@H](C)OC2=O. The van der Waals surface area contributed by atoms with Gasteiger partial charge in [-0.3, -0.25) is 4.79 Å². The molecule has 0 unspecified atom stereocenters. The van der Waals surface area contributed by atoms with E-state index in [0.29, 0.717) is 5.69 Å². The van der Waals surface area contributed by atoms with Crippen molar-refractivity contribution >= 4 is 17.4 Å². The van der Waals surface area contributed by atoms with Gasteiger partial charge in [-0.25, -0.2) is 4.79 Å². The highest BCUT2D eigenvalue weighted by atomic mass is 16.5. The van der Waals surface area contributed by atoms with Gasteiger partial charge < -0.3 is 25.4 Å². The molecule has 0 aliphatic carbocycles. The van der Waals surface area contributed by atoms with Crippen molar-refractivity contribution in [2.24, 2.45) is 5.92 Å². The summed E-state index contributed by atoms with van der Waals surface area (Å²) in [5.74, 6) is 3.33. The van der Waals surface area contributed by atoms with Crippen molar-refractivity contribution in [1.82, 2.24) is 0 Å². The summed E-state index contributed by atoms with van der Waals surface area (Å²) < 4.78 is 5.41. The number of anilines is 1. The van der Waals surface area contributed by atoms with E-state index in [9.17, 15) is 24.9 Å². The molecule has 7 nitrogen and oxygen atoms in total. The van der Waals surface area contributed by atoms with E-state index in [-0.39, 0.29) is 29.2 Å². The Kier molecular flexibility index (Phi) is 6.61. The van der Waals surface area contributed by atoms with Crippen LogP contribution in [0.5, 0.6) is 5.75 Å². The van der Waals surface area contributed by atoms with Crippen LogP contribution < -0.4 is 5.32 Å². The van der Waals surface area contributed by atoms with E-state index >= 15 is 0 Å². The van der Waals surface area contributed by atoms with E-state index in [2.05, 4.69) is 17.2 Å². The van der Waals surface area contributed by atoms with Crippen LogP contribution in [0.15, 0.2) is 24.3 Å². The predicted octanol–water partition coefficient (Wildman–Crippen LogP) is 1.22. The van der Waals surface area contributed by atoms with Gasteiger partial charge >= 0.3 is 5.97 Å². The number of carbonyl (C=O) groups excluding carboxylic acids is 2. The highest BCUT2D eigenvalue weighted by Crippen LogP contribution is 2.28. The number of ether oxygens (including phenoxy) is 1. The number of phenols is 1. The number of cyclic esters (lactones) is 1. The third-order valence-corrected chi connectivity index (χ3v) is 4.40. The number of carbonyl (C=O) groups is 2. The molecule has 7 heteroatoms. The maximum atomic E-state index is 12.6. The van der Waals surface area contributed by atoms with Crippen LogP contribution in [-0.2, 0) is 9.53 Å². The van der Waals surface area contributed by atoms with Crippen LogP contribution in [0.1, 0.15) is 36.2 Å². The number of phenolic OH excluding ortho intramolecular Hbond substituents is 1. The number of hydrogen-bond donors (Lipinski definition) is 4. The molecule has 0 saturated heterocycles. The molecule has 1 aliphatic rings. The largest absolute Gasteiger partial charge is 0.507 e. The van der Waals surface area contributed by atoms with Gasteiger partial charge in [0, 0.05) is 36.7 Å². The molecule has 0 bridgehead atoms. The van der Waals surface area contributed by atoms with E-state index < -0.39 is 30.1 Å². The van der Waals surface area contributed by atoms with Crippen LogP contribution in [-0.4, -0.2) is 52.4 Å². The molecule has 1 aliphatic heterocycles. The van der Waals surface area contributed by atoms with E-state index in [1.165, 1.54) is 12.1 Å². The van der Waals surface area contributed by atoms with Gasteiger partial charge in [-0.2, -0.15) is 0 Å². The zero-order chi connectivity index (χ0) is 20.1. The first-order valence-corrected chi connectivity index (χ1v) is 8.57. The lowest BCUT2D eigenvalue weighted by atomic mass is 10.0. The molecule has 0 radical (unpaired) electrons. The molecule has 144 valence electrons. The van der Waals surface area contributed by atoms with Gasteiger partial charge in [0.05, 0.1) is 6.10 Å². The Morgan fingerprint density at radius 3 is 2.59 bits per heavy atom. The Morgan fingerprint density at radius 2 is 1.93 bits per heavy atom. The van der Waals surface area contributed by atoms with Crippen molar-refractivity contribution in [2.45, 2.75) is 38.6 Å². The van der Waals surface area contributed by atoms with Gasteiger partial charge in [-0.15, -0.1) is 0 Å². The van der Waals surface area contributed by atoms with Crippen LogP contribution in [0.25, 0.3) is 0 Å². The first kappa shape index (κ1) is 20.5. The Labute approximate surface area is 157 Å². The summed E-state index contributed by atoms with van der Waals surface area (Å²) in [6.07, 6.45) is -1.10. The summed E-state index contributed by atoms with van der Waals surface area (Å²) in [6, 6.07) is 2.95. The standard InChI is InChI=1S/C20H23NO6/c1-11-7-8-16(23)19(25)15(22)6-4-5-13-9-14(21-3)10-17(24)18(13)20(26)27-12(11)2/h7-12,15,19,21-22,24-25H,6H2,1-3H3/b8-7+/t11-,12+,15+,19-/m1/s1. The van der Waals surface area contributed by atoms with E-state index in [1.807, 2.05) is 0 Å². The molecule has 1 heterocycles. The van der Waals surface area contributed by atoms with Gasteiger partial charge in [0.25, 0.3) is 0 Å². The molecule has 0 aromatic heterocycles. The van der Waals surface area contributed by atoms with Crippen LogP contribution in [0.2, 0.25) is 0 Å². The topological polar surface area (TPSA) is 116 Å². The lowest BCUT2D eigenvalue weighted by molar-refractivity contribution is -0.127. The number of nitrogens with one attached hydrogen (secondary N) is 1. The second-order valence-electron chi connectivity index (χ2n) is 6.42. The zero-order valence-electron chi connectivity index (χ0n) is 15.4. The highest BCUT2D eigenvalue weighted by Gasteiger charge is 2.25. The smallest absolute Gasteiger partial charge is 0.343 e. The normalized spacial score (nSPS) is 27.4. The number of benzene rings is 1. The van der Waals surface area contributed by atoms with Crippen molar-refractivity contribution in [3.8, 4) is 17.6 Å². The Balaban J connectivity index is 2.53. The lowest BCUT2D eigenvalue weighted by Crippen LogP contribution is -2.32. The Morgan fingerprint density at radius 1 is 1.22 bits per heavy atom. The Bertz CT molecular complexity index is 820. The quantitative estimate of drug-likeness (QED) is 0.432. The predicted molar refractivity (Wildman–Crippen MR) is 99.4 cm³/mol. The number of aromatic hydroxyl groups is 1. The number of ketones is 1. The molecule has 1 aromatic carbocycles. The zero-order valence-corrected chi connectivity index (χ0v) is 15.4. The maximum Gasteiger partial charge on any atom is 0.343 e. The Hall–Kier alpha value is -2.82. The van der Waals surface area contributed by atoms with Crippen molar-refractivity contribution in [2.75, 3.05) is 12.4 Å². The van der Waals surface area contributed by atoms with Crippen LogP contribution in [0.4, 0.5) is 5.69 Å². The molecular formula is C20H23NO6. The van der Waals surface area contributed by atoms with Gasteiger partial charge in [-0.1, -0.05) is 24.8 Å². The van der Waals surface area contributed by atoms with Gasteiger partial charge in [0.1, 0.15) is 23.5 Å². The first-order valence-electron chi connectivity index (χ1n) is 8.57. The number of hydrogen-bond acceptors (Lipinski definition) is 7. The summed E-state index contributed by atoms with van der Waals surface area (Å²) >= 11 is 0. The van der Waals surface area contributed by atoms with Crippen molar-refractivity contribution < 1.29 is 29.6 Å². The molecule has 1 aromatic rings. The van der Waals surface area contributed by atoms with Gasteiger partial charge in [0.15, 0.2) is 5.78 Å². The minimum absolute atomic E-state index is 0.0762. The van der Waals surface area contributed by atoms with Crippen LogP contribution >= 0.6 is 0 Å². The fourth-order valence-corrected chi connectivity index (χ4v) is 2.47. The molecule has 2 rings (SSSR count). The second-order valence-corrected chi connectivity index (χ2v) is 6.42. The fraction of sp³-hybridized carbons (Fsp3) is 0.400. The third kappa shape index (κ3) is 4.88. The monoisotopic (exact) mass is 373 g/mol. The number of rotatable bonds is 1. The number of aliphatic hydroxyl groups is 2. The van der Waals surface area contributed by atoms with E-state index in [4.69, 9.17) is 4.74 Å². The van der Waals surface area contributed by atoms with Crippen molar-refractivity contribution in [3.63, 3.8) is 0 Å².